The van der Waals surface area contributed by atoms with E-state index in [0.29, 0.717) is 5.92 Å². The molecule has 5 rings (SSSR count). The monoisotopic (exact) mass is 339 g/mol. The summed E-state index contributed by atoms with van der Waals surface area (Å²) in [6.45, 7) is 0.923. The first-order valence-corrected chi connectivity index (χ1v) is 9.04. The van der Waals surface area contributed by atoms with Crippen molar-refractivity contribution in [1.82, 2.24) is 29.9 Å². The second-order valence-electron chi connectivity index (χ2n) is 7.01. The molecule has 8 heteroatoms. The van der Waals surface area contributed by atoms with Crippen molar-refractivity contribution in [2.75, 3.05) is 11.4 Å². The summed E-state index contributed by atoms with van der Waals surface area (Å²) in [5.41, 5.74) is 0.843. The summed E-state index contributed by atoms with van der Waals surface area (Å²) >= 11 is 0. The van der Waals surface area contributed by atoms with Crippen molar-refractivity contribution in [2.24, 2.45) is 7.05 Å². The Kier molecular flexibility index (Phi) is 3.43. The fourth-order valence-corrected chi connectivity index (χ4v) is 3.82. The van der Waals surface area contributed by atoms with E-state index in [1.54, 1.807) is 11.0 Å². The third kappa shape index (κ3) is 2.39. The molecule has 0 radical (unpaired) electrons. The molecule has 0 amide bonds. The molecule has 1 atom stereocenters. The van der Waals surface area contributed by atoms with E-state index in [1.807, 2.05) is 13.2 Å². The first kappa shape index (κ1) is 14.8. The van der Waals surface area contributed by atoms with Crippen LogP contribution >= 0.6 is 0 Å². The van der Waals surface area contributed by atoms with Gasteiger partial charge in [0.25, 0.3) is 0 Å². The van der Waals surface area contributed by atoms with Crippen LogP contribution in [0.15, 0.2) is 16.9 Å². The predicted molar refractivity (Wildman–Crippen MR) is 91.1 cm³/mol. The number of aromatic nitrogens is 6. The molecule has 0 spiro atoms. The summed E-state index contributed by atoms with van der Waals surface area (Å²) < 4.78 is 7.85. The number of anilines is 1. The van der Waals surface area contributed by atoms with Crippen molar-refractivity contribution in [2.45, 2.75) is 50.5 Å². The van der Waals surface area contributed by atoms with E-state index in [-0.39, 0.29) is 6.04 Å². The fraction of sp³-hybridized carbons (Fsp3) is 0.588. The van der Waals surface area contributed by atoms with Crippen LogP contribution in [0.5, 0.6) is 0 Å². The third-order valence-electron chi connectivity index (χ3n) is 5.48. The lowest BCUT2D eigenvalue weighted by atomic mass is 9.85. The van der Waals surface area contributed by atoms with Gasteiger partial charge in [0.2, 0.25) is 11.8 Å². The van der Waals surface area contributed by atoms with Gasteiger partial charge < -0.3 is 9.32 Å². The van der Waals surface area contributed by atoms with E-state index in [0.717, 1.165) is 67.3 Å². The zero-order valence-corrected chi connectivity index (χ0v) is 14.3. The minimum Gasteiger partial charge on any atom is -0.423 e. The van der Waals surface area contributed by atoms with Gasteiger partial charge in [0.1, 0.15) is 18.2 Å². The molecule has 4 heterocycles. The normalized spacial score (nSPS) is 21.6. The smallest absolute Gasteiger partial charge is 0.238 e. The number of nitrogens with zero attached hydrogens (tertiary/aromatic N) is 7. The van der Waals surface area contributed by atoms with E-state index in [4.69, 9.17) is 4.42 Å². The van der Waals surface area contributed by atoms with Crippen LogP contribution in [0, 0.1) is 0 Å². The summed E-state index contributed by atoms with van der Waals surface area (Å²) in [5.74, 6) is 2.90. The standard InChI is InChI=1S/C17H21N7O/c1-23-14-12(9-20-23)15(19-10-18-14)24-8-3-2-7-13(24)17-22-21-16(25-17)11-5-4-6-11/h9-11,13H,2-8H2,1H3. The van der Waals surface area contributed by atoms with Crippen LogP contribution in [0.4, 0.5) is 5.82 Å². The van der Waals surface area contributed by atoms with Gasteiger partial charge in [0, 0.05) is 19.5 Å². The van der Waals surface area contributed by atoms with Crippen LogP contribution in [-0.2, 0) is 7.05 Å². The lowest BCUT2D eigenvalue weighted by molar-refractivity contribution is 0.305. The molecule has 130 valence electrons. The van der Waals surface area contributed by atoms with Gasteiger partial charge in [-0.2, -0.15) is 5.10 Å². The van der Waals surface area contributed by atoms with Crippen LogP contribution < -0.4 is 4.90 Å². The minimum absolute atomic E-state index is 0.0772. The molecule has 0 aromatic carbocycles. The zero-order chi connectivity index (χ0) is 16.8. The lowest BCUT2D eigenvalue weighted by Crippen LogP contribution is -2.34. The van der Waals surface area contributed by atoms with Crippen molar-refractivity contribution in [3.8, 4) is 0 Å². The van der Waals surface area contributed by atoms with E-state index in [9.17, 15) is 0 Å². The van der Waals surface area contributed by atoms with Crippen LogP contribution in [0.25, 0.3) is 11.0 Å². The van der Waals surface area contributed by atoms with Gasteiger partial charge in [-0.15, -0.1) is 10.2 Å². The van der Waals surface area contributed by atoms with Gasteiger partial charge >= 0.3 is 0 Å². The number of hydrogen-bond donors (Lipinski definition) is 0. The van der Waals surface area contributed by atoms with E-state index in [2.05, 4.69) is 30.2 Å². The van der Waals surface area contributed by atoms with Crippen LogP contribution in [-0.4, -0.2) is 36.5 Å². The largest absolute Gasteiger partial charge is 0.423 e. The number of piperidine rings is 1. The van der Waals surface area contributed by atoms with Crippen molar-refractivity contribution >= 4 is 16.9 Å². The quantitative estimate of drug-likeness (QED) is 0.725. The number of fused-ring (bicyclic) bond motifs is 1. The van der Waals surface area contributed by atoms with Crippen LogP contribution in [0.3, 0.4) is 0 Å². The molecule has 1 unspecified atom stereocenters. The highest BCUT2D eigenvalue weighted by atomic mass is 16.4. The molecule has 2 aliphatic rings. The molecule has 3 aromatic heterocycles. The zero-order valence-electron chi connectivity index (χ0n) is 14.3. The molecule has 2 fully saturated rings. The molecule has 0 bridgehead atoms. The van der Waals surface area contributed by atoms with Crippen molar-refractivity contribution < 1.29 is 4.42 Å². The second kappa shape index (κ2) is 5.79. The predicted octanol–water partition coefficient (Wildman–Crippen LogP) is 2.75. The molecule has 3 aromatic rings. The van der Waals surface area contributed by atoms with Gasteiger partial charge in [0.05, 0.1) is 11.6 Å². The third-order valence-corrected chi connectivity index (χ3v) is 5.48. The highest BCUT2D eigenvalue weighted by Gasteiger charge is 2.33. The Morgan fingerprint density at radius 2 is 1.92 bits per heavy atom. The Labute approximate surface area is 145 Å². The maximum Gasteiger partial charge on any atom is 0.238 e. The minimum atomic E-state index is 0.0772. The van der Waals surface area contributed by atoms with Gasteiger partial charge in [-0.3, -0.25) is 4.68 Å². The fourth-order valence-electron chi connectivity index (χ4n) is 3.82. The first-order chi connectivity index (χ1) is 12.3. The van der Waals surface area contributed by atoms with Gasteiger partial charge in [-0.1, -0.05) is 6.42 Å². The van der Waals surface area contributed by atoms with Crippen molar-refractivity contribution in [1.29, 1.82) is 0 Å². The van der Waals surface area contributed by atoms with Crippen molar-refractivity contribution in [3.05, 3.63) is 24.3 Å². The Morgan fingerprint density at radius 1 is 1.04 bits per heavy atom. The molecular weight excluding hydrogens is 318 g/mol. The van der Waals surface area contributed by atoms with E-state index >= 15 is 0 Å². The molecule has 0 N–H and O–H groups in total. The maximum atomic E-state index is 6.07. The summed E-state index contributed by atoms with van der Waals surface area (Å²) in [7, 11) is 1.90. The molecule has 1 saturated carbocycles. The first-order valence-electron chi connectivity index (χ1n) is 9.04. The average Bonchev–Trinajstić information content (AvgIpc) is 3.21. The lowest BCUT2D eigenvalue weighted by Gasteiger charge is -2.34. The van der Waals surface area contributed by atoms with Crippen LogP contribution in [0.1, 0.15) is 62.3 Å². The number of aryl methyl sites for hydroxylation is 1. The van der Waals surface area contributed by atoms with Crippen LogP contribution in [0.2, 0.25) is 0 Å². The Hall–Kier alpha value is -2.51. The molecule has 1 aliphatic heterocycles. The topological polar surface area (TPSA) is 85.8 Å². The summed E-state index contributed by atoms with van der Waals surface area (Å²) in [4.78, 5) is 11.2. The summed E-state index contributed by atoms with van der Waals surface area (Å²) in [6, 6.07) is 0.0772. The molecule has 8 nitrogen and oxygen atoms in total. The number of hydrogen-bond acceptors (Lipinski definition) is 7. The molecule has 1 saturated heterocycles. The molecule has 25 heavy (non-hydrogen) atoms. The highest BCUT2D eigenvalue weighted by Crippen LogP contribution is 2.39. The van der Waals surface area contributed by atoms with Gasteiger partial charge in [-0.05, 0) is 32.1 Å². The van der Waals surface area contributed by atoms with E-state index < -0.39 is 0 Å². The Bertz CT molecular complexity index is 897. The Balaban J connectivity index is 1.52. The molecule has 1 aliphatic carbocycles. The number of rotatable bonds is 3. The average molecular weight is 339 g/mol. The Morgan fingerprint density at radius 3 is 2.76 bits per heavy atom. The van der Waals surface area contributed by atoms with Crippen molar-refractivity contribution in [3.63, 3.8) is 0 Å². The van der Waals surface area contributed by atoms with Gasteiger partial charge in [-0.25, -0.2) is 9.97 Å². The highest BCUT2D eigenvalue weighted by molar-refractivity contribution is 5.86. The summed E-state index contributed by atoms with van der Waals surface area (Å²) in [6.07, 6.45) is 10.3. The van der Waals surface area contributed by atoms with Gasteiger partial charge in [0.15, 0.2) is 5.65 Å². The van der Waals surface area contributed by atoms with E-state index in [1.165, 1.54) is 6.42 Å². The SMILES string of the molecule is Cn1ncc2c(N3CCCCC3c3nnc(C4CCC4)o3)ncnc21. The summed E-state index contributed by atoms with van der Waals surface area (Å²) in [5, 5.41) is 14.0. The maximum absolute atomic E-state index is 6.07. The molecular formula is C17H21N7O. The second-order valence-corrected chi connectivity index (χ2v) is 7.01.